The van der Waals surface area contributed by atoms with Crippen LogP contribution < -0.4 is 11.3 Å². The molecule has 0 aliphatic rings. The molecule has 0 saturated heterocycles. The fourth-order valence-electron chi connectivity index (χ4n) is 2.32. The number of nitrogens with two attached hydrogens (primary N) is 1. The molecule has 1 aromatic heterocycles. The minimum absolute atomic E-state index is 0.170. The van der Waals surface area contributed by atoms with Crippen molar-refractivity contribution < 1.29 is 4.39 Å². The Balaban J connectivity index is 2.39. The normalized spacial score (nSPS) is 10.9. The summed E-state index contributed by atoms with van der Waals surface area (Å²) in [5.74, 6) is -0.245. The van der Waals surface area contributed by atoms with Gasteiger partial charge in [0.2, 0.25) is 0 Å². The van der Waals surface area contributed by atoms with Gasteiger partial charge in [-0.15, -0.1) is 0 Å². The minimum atomic E-state index is -0.464. The summed E-state index contributed by atoms with van der Waals surface area (Å²) in [5.41, 5.74) is 6.57. The summed E-state index contributed by atoms with van der Waals surface area (Å²) in [6, 6.07) is 13.5. The fourth-order valence-corrected chi connectivity index (χ4v) is 2.32. The van der Waals surface area contributed by atoms with Crippen molar-refractivity contribution in [1.29, 1.82) is 0 Å². The van der Waals surface area contributed by atoms with Crippen molar-refractivity contribution in [3.8, 4) is 5.69 Å². The molecule has 2 N–H and O–H groups in total. The third-order valence-corrected chi connectivity index (χ3v) is 3.30. The predicted octanol–water partition coefficient (Wildman–Crippen LogP) is 3.02. The van der Waals surface area contributed by atoms with Crippen molar-refractivity contribution in [3.05, 3.63) is 70.3 Å². The number of aromatic nitrogens is 1. The maximum absolute atomic E-state index is 14.1. The zero-order valence-electron chi connectivity index (χ0n) is 10.9. The molecule has 0 aliphatic heterocycles. The highest BCUT2D eigenvalue weighted by Crippen LogP contribution is 2.20. The number of pyridine rings is 1. The largest absolute Gasteiger partial charge is 0.385 e. The van der Waals surface area contributed by atoms with Crippen LogP contribution in [0.3, 0.4) is 0 Å². The molecule has 0 fully saturated rings. The molecule has 0 spiro atoms. The van der Waals surface area contributed by atoms with Gasteiger partial charge in [0, 0.05) is 5.39 Å². The van der Waals surface area contributed by atoms with Crippen LogP contribution in [-0.4, -0.2) is 4.57 Å². The van der Waals surface area contributed by atoms with E-state index in [1.165, 1.54) is 10.6 Å². The van der Waals surface area contributed by atoms with Crippen LogP contribution in [0.4, 0.5) is 10.2 Å². The van der Waals surface area contributed by atoms with Crippen LogP contribution >= 0.6 is 0 Å². The van der Waals surface area contributed by atoms with Gasteiger partial charge in [-0.2, -0.15) is 0 Å². The number of anilines is 1. The fraction of sp³-hybridized carbons (Fsp3) is 0.0625. The molecule has 3 rings (SSSR count). The summed E-state index contributed by atoms with van der Waals surface area (Å²) in [6.07, 6.45) is 0. The molecule has 0 aliphatic carbocycles. The van der Waals surface area contributed by atoms with Crippen molar-refractivity contribution in [2.75, 3.05) is 5.73 Å². The van der Waals surface area contributed by atoms with Crippen molar-refractivity contribution in [2.24, 2.45) is 0 Å². The molecule has 3 nitrogen and oxygen atoms in total. The molecular weight excluding hydrogens is 255 g/mol. The lowest BCUT2D eigenvalue weighted by Crippen LogP contribution is -2.22. The monoisotopic (exact) mass is 268 g/mol. The van der Waals surface area contributed by atoms with Crippen molar-refractivity contribution in [3.63, 3.8) is 0 Å². The Morgan fingerprint density at radius 2 is 1.85 bits per heavy atom. The maximum atomic E-state index is 14.1. The molecule has 20 heavy (non-hydrogen) atoms. The summed E-state index contributed by atoms with van der Waals surface area (Å²) in [6.45, 7) is 1.79. The molecular formula is C16H13FN2O. The summed E-state index contributed by atoms with van der Waals surface area (Å²) < 4.78 is 15.3. The highest BCUT2D eigenvalue weighted by Gasteiger charge is 2.12. The smallest absolute Gasteiger partial charge is 0.264 e. The Labute approximate surface area is 115 Å². The summed E-state index contributed by atoms with van der Waals surface area (Å²) in [7, 11) is 0. The minimum Gasteiger partial charge on any atom is -0.385 e. The third kappa shape index (κ3) is 1.86. The zero-order chi connectivity index (χ0) is 14.3. The lowest BCUT2D eigenvalue weighted by molar-refractivity contribution is 0.616. The Morgan fingerprint density at radius 3 is 2.60 bits per heavy atom. The Bertz CT molecular complexity index is 868. The first-order valence-electron chi connectivity index (χ1n) is 6.25. The van der Waals surface area contributed by atoms with E-state index in [-0.39, 0.29) is 17.1 Å². The number of rotatable bonds is 1. The van der Waals surface area contributed by atoms with Gasteiger partial charge < -0.3 is 5.73 Å². The van der Waals surface area contributed by atoms with Gasteiger partial charge in [0.25, 0.3) is 5.56 Å². The van der Waals surface area contributed by atoms with E-state index in [1.54, 1.807) is 37.3 Å². The molecule has 1 heterocycles. The SMILES string of the molecule is Cc1ccc(-n2c(N)cc3ccccc3c2=O)c(F)c1. The highest BCUT2D eigenvalue weighted by molar-refractivity contribution is 5.84. The number of nitrogens with zero attached hydrogens (tertiary/aromatic N) is 1. The quantitative estimate of drug-likeness (QED) is 0.737. The van der Waals surface area contributed by atoms with Crippen LogP contribution in [0.1, 0.15) is 5.56 Å². The van der Waals surface area contributed by atoms with Gasteiger partial charge in [-0.3, -0.25) is 9.36 Å². The van der Waals surface area contributed by atoms with E-state index in [0.717, 1.165) is 10.9 Å². The van der Waals surface area contributed by atoms with Gasteiger partial charge in [-0.25, -0.2) is 4.39 Å². The number of benzene rings is 2. The molecule has 0 bridgehead atoms. The van der Waals surface area contributed by atoms with Crippen LogP contribution in [0.2, 0.25) is 0 Å². The van der Waals surface area contributed by atoms with Gasteiger partial charge in [-0.05, 0) is 42.1 Å². The highest BCUT2D eigenvalue weighted by atomic mass is 19.1. The number of nitrogen functional groups attached to an aromatic ring is 1. The van der Waals surface area contributed by atoms with Crippen LogP contribution in [0, 0.1) is 12.7 Å². The molecule has 0 atom stereocenters. The van der Waals surface area contributed by atoms with Gasteiger partial charge in [-0.1, -0.05) is 24.3 Å². The van der Waals surface area contributed by atoms with Gasteiger partial charge in [0.1, 0.15) is 11.6 Å². The molecule has 100 valence electrons. The van der Waals surface area contributed by atoms with E-state index < -0.39 is 5.82 Å². The zero-order valence-corrected chi connectivity index (χ0v) is 10.9. The van der Waals surface area contributed by atoms with E-state index in [4.69, 9.17) is 5.73 Å². The van der Waals surface area contributed by atoms with Crippen LogP contribution in [-0.2, 0) is 0 Å². The second-order valence-electron chi connectivity index (χ2n) is 4.75. The molecule has 0 radical (unpaired) electrons. The van der Waals surface area contributed by atoms with E-state index >= 15 is 0 Å². The van der Waals surface area contributed by atoms with E-state index in [2.05, 4.69) is 0 Å². The first-order chi connectivity index (χ1) is 9.58. The van der Waals surface area contributed by atoms with Crippen molar-refractivity contribution >= 4 is 16.6 Å². The Hall–Kier alpha value is -2.62. The summed E-state index contributed by atoms with van der Waals surface area (Å²) >= 11 is 0. The molecule has 2 aromatic carbocycles. The van der Waals surface area contributed by atoms with Crippen molar-refractivity contribution in [1.82, 2.24) is 4.57 Å². The number of aryl methyl sites for hydroxylation is 1. The average molecular weight is 268 g/mol. The Kier molecular flexibility index (Phi) is 2.79. The third-order valence-electron chi connectivity index (χ3n) is 3.30. The molecule has 0 saturated carbocycles. The number of fused-ring (bicyclic) bond motifs is 1. The molecule has 4 heteroatoms. The second kappa shape index (κ2) is 4.49. The topological polar surface area (TPSA) is 48.0 Å². The van der Waals surface area contributed by atoms with Gasteiger partial charge >= 0.3 is 0 Å². The van der Waals surface area contributed by atoms with Crippen molar-refractivity contribution in [2.45, 2.75) is 6.92 Å². The molecule has 3 aromatic rings. The predicted molar refractivity (Wildman–Crippen MR) is 78.7 cm³/mol. The van der Waals surface area contributed by atoms with E-state index in [9.17, 15) is 9.18 Å². The van der Waals surface area contributed by atoms with E-state index in [1.807, 2.05) is 12.1 Å². The first kappa shape index (κ1) is 12.4. The Morgan fingerprint density at radius 1 is 1.10 bits per heavy atom. The number of hydrogen-bond donors (Lipinski definition) is 1. The lowest BCUT2D eigenvalue weighted by Gasteiger charge is -2.12. The van der Waals surface area contributed by atoms with E-state index in [0.29, 0.717) is 5.39 Å². The molecule has 0 amide bonds. The second-order valence-corrected chi connectivity index (χ2v) is 4.75. The van der Waals surface area contributed by atoms with Crippen LogP contribution in [0.15, 0.2) is 53.3 Å². The summed E-state index contributed by atoms with van der Waals surface area (Å²) in [4.78, 5) is 12.5. The standard InChI is InChI=1S/C16H13FN2O/c1-10-6-7-14(13(17)8-10)19-15(18)9-11-4-2-3-5-12(11)16(19)20/h2-9H,18H2,1H3. The van der Waals surface area contributed by atoms with Crippen LogP contribution in [0.25, 0.3) is 16.5 Å². The van der Waals surface area contributed by atoms with Gasteiger partial charge in [0.15, 0.2) is 0 Å². The summed E-state index contributed by atoms with van der Waals surface area (Å²) in [5, 5.41) is 1.26. The maximum Gasteiger partial charge on any atom is 0.264 e. The molecule has 0 unspecified atom stereocenters. The number of halogens is 1. The van der Waals surface area contributed by atoms with Gasteiger partial charge in [0.05, 0.1) is 5.69 Å². The van der Waals surface area contributed by atoms with Crippen LogP contribution in [0.5, 0.6) is 0 Å². The average Bonchev–Trinajstić information content (AvgIpc) is 2.41. The number of hydrogen-bond acceptors (Lipinski definition) is 2. The first-order valence-corrected chi connectivity index (χ1v) is 6.25. The lowest BCUT2D eigenvalue weighted by atomic mass is 10.1.